The van der Waals surface area contributed by atoms with Crippen LogP contribution in [0.2, 0.25) is 5.02 Å². The molecule has 0 bridgehead atoms. The highest BCUT2D eigenvalue weighted by Crippen LogP contribution is 2.24. The van der Waals surface area contributed by atoms with Crippen molar-refractivity contribution in [2.24, 2.45) is 4.99 Å². The van der Waals surface area contributed by atoms with Crippen molar-refractivity contribution in [3.05, 3.63) is 29.3 Å². The summed E-state index contributed by atoms with van der Waals surface area (Å²) in [5, 5.41) is -0.00860. The van der Waals surface area contributed by atoms with Crippen LogP contribution in [0.4, 0.5) is 18.9 Å². The smallest absolute Gasteiger partial charge is 0.241 e. The quantitative estimate of drug-likeness (QED) is 0.687. The summed E-state index contributed by atoms with van der Waals surface area (Å²) in [7, 11) is 0. The van der Waals surface area contributed by atoms with Gasteiger partial charge in [-0.2, -0.15) is 13.2 Å². The first-order chi connectivity index (χ1) is 6.87. The van der Waals surface area contributed by atoms with Crippen LogP contribution in [0.5, 0.6) is 0 Å². The normalized spacial score (nSPS) is 13.0. The number of hydrogen-bond acceptors (Lipinski definition) is 1. The van der Waals surface area contributed by atoms with Gasteiger partial charge < -0.3 is 0 Å². The molecule has 0 unspecified atom stereocenters. The zero-order valence-electron chi connectivity index (χ0n) is 7.35. The van der Waals surface area contributed by atoms with Gasteiger partial charge in [-0.25, -0.2) is 4.99 Å². The molecule has 0 saturated heterocycles. The molecule has 0 heterocycles. The van der Waals surface area contributed by atoms with Crippen LogP contribution >= 0.6 is 23.2 Å². The third kappa shape index (κ3) is 5.04. The molecule has 82 valence electrons. The molecule has 0 amide bonds. The molecule has 0 radical (unpaired) electrons. The molecule has 0 aliphatic carbocycles. The lowest BCUT2D eigenvalue weighted by molar-refractivity contribution is -0.120. The number of nitrogens with zero attached hydrogens (tertiary/aromatic N) is 1. The Bertz CT molecular complexity index is 357. The van der Waals surface area contributed by atoms with Crippen LogP contribution in [0.3, 0.4) is 0 Å². The molecule has 0 fully saturated rings. The Morgan fingerprint density at radius 3 is 2.20 bits per heavy atom. The largest absolute Gasteiger partial charge is 0.395 e. The molecule has 1 rings (SSSR count). The average molecular weight is 256 g/mol. The molecule has 0 saturated carbocycles. The van der Waals surface area contributed by atoms with Crippen LogP contribution in [0.15, 0.2) is 29.3 Å². The van der Waals surface area contributed by atoms with Gasteiger partial charge in [0.25, 0.3) is 0 Å². The third-order valence-electron chi connectivity index (χ3n) is 1.42. The summed E-state index contributed by atoms with van der Waals surface area (Å²) < 4.78 is 35.7. The summed E-state index contributed by atoms with van der Waals surface area (Å²) in [5.74, 6) is 0. The van der Waals surface area contributed by atoms with Gasteiger partial charge in [0.05, 0.1) is 12.1 Å². The van der Waals surface area contributed by atoms with Crippen LogP contribution in [-0.4, -0.2) is 11.3 Å². The van der Waals surface area contributed by atoms with E-state index in [0.29, 0.717) is 10.7 Å². The van der Waals surface area contributed by atoms with Crippen molar-refractivity contribution in [3.8, 4) is 0 Å². The Hall–Kier alpha value is -0.740. The Morgan fingerprint density at radius 2 is 1.73 bits per heavy atom. The fraction of sp³-hybridized carbons (Fsp3) is 0.222. The summed E-state index contributed by atoms with van der Waals surface area (Å²) in [5.41, 5.74) is 0.341. The van der Waals surface area contributed by atoms with Crippen molar-refractivity contribution in [1.82, 2.24) is 0 Å². The van der Waals surface area contributed by atoms with Crippen molar-refractivity contribution in [3.63, 3.8) is 0 Å². The first-order valence-corrected chi connectivity index (χ1v) is 4.68. The van der Waals surface area contributed by atoms with Crippen LogP contribution in [0, 0.1) is 0 Å². The van der Waals surface area contributed by atoms with Crippen LogP contribution in [0.25, 0.3) is 0 Å². The van der Waals surface area contributed by atoms with Crippen molar-refractivity contribution in [1.29, 1.82) is 0 Å². The van der Waals surface area contributed by atoms with E-state index in [1.165, 1.54) is 24.3 Å². The summed E-state index contributed by atoms with van der Waals surface area (Å²) in [6, 6.07) is 6.03. The van der Waals surface area contributed by atoms with E-state index in [9.17, 15) is 13.2 Å². The van der Waals surface area contributed by atoms with E-state index in [-0.39, 0.29) is 0 Å². The maximum atomic E-state index is 11.9. The molecular formula is C9H6Cl2F3N. The van der Waals surface area contributed by atoms with Gasteiger partial charge in [0.2, 0.25) is 0 Å². The Kier molecular flexibility index (Phi) is 3.99. The van der Waals surface area contributed by atoms with Gasteiger partial charge in [-0.15, -0.1) is 0 Å². The molecule has 0 atom stereocenters. The molecule has 0 N–H and O–H groups in total. The molecule has 6 heteroatoms. The summed E-state index contributed by atoms with van der Waals surface area (Å²) >= 11 is 10.9. The monoisotopic (exact) mass is 255 g/mol. The second-order valence-electron chi connectivity index (χ2n) is 2.76. The minimum Gasteiger partial charge on any atom is -0.241 e. The fourth-order valence-corrected chi connectivity index (χ4v) is 1.24. The third-order valence-corrected chi connectivity index (χ3v) is 1.89. The fourth-order valence-electron chi connectivity index (χ4n) is 0.861. The number of benzene rings is 1. The molecule has 15 heavy (non-hydrogen) atoms. The maximum Gasteiger partial charge on any atom is 0.395 e. The SMILES string of the molecule is FC(F)(F)CC(Cl)=Nc1ccc(Cl)cc1. The predicted octanol–water partition coefficient (Wildman–Crippen LogP) is 4.56. The minimum absolute atomic E-state index is 0.341. The topological polar surface area (TPSA) is 12.4 Å². The molecule has 1 aromatic carbocycles. The second-order valence-corrected chi connectivity index (χ2v) is 3.63. The lowest BCUT2D eigenvalue weighted by atomic mass is 10.3. The number of aliphatic imine (C=N–C) groups is 1. The number of halogens is 5. The van der Waals surface area contributed by atoms with Gasteiger partial charge in [-0.05, 0) is 24.3 Å². The standard InChI is InChI=1S/C9H6Cl2F3N/c10-6-1-3-7(4-2-6)15-8(11)5-9(12,13)14/h1-4H,5H2. The maximum absolute atomic E-state index is 11.9. The average Bonchev–Trinajstić information content (AvgIpc) is 2.05. The van der Waals surface area contributed by atoms with Crippen LogP contribution < -0.4 is 0 Å². The Labute approximate surface area is 94.5 Å². The molecule has 0 aliphatic heterocycles. The van der Waals surface area contributed by atoms with E-state index in [2.05, 4.69) is 4.99 Å². The van der Waals surface area contributed by atoms with Crippen LogP contribution in [0.1, 0.15) is 6.42 Å². The van der Waals surface area contributed by atoms with E-state index < -0.39 is 17.8 Å². The van der Waals surface area contributed by atoms with Crippen molar-refractivity contribution < 1.29 is 13.2 Å². The van der Waals surface area contributed by atoms with E-state index in [0.717, 1.165) is 0 Å². The molecule has 1 nitrogen and oxygen atoms in total. The first-order valence-electron chi connectivity index (χ1n) is 3.92. The molecule has 0 aliphatic rings. The van der Waals surface area contributed by atoms with Crippen LogP contribution in [-0.2, 0) is 0 Å². The molecule has 1 aromatic rings. The summed E-state index contributed by atoms with van der Waals surface area (Å²) in [4.78, 5) is 3.59. The van der Waals surface area contributed by atoms with Gasteiger partial charge >= 0.3 is 6.18 Å². The van der Waals surface area contributed by atoms with Crippen molar-refractivity contribution in [2.45, 2.75) is 12.6 Å². The predicted molar refractivity (Wildman–Crippen MR) is 55.1 cm³/mol. The number of rotatable bonds is 2. The van der Waals surface area contributed by atoms with Gasteiger partial charge in [0.1, 0.15) is 5.17 Å². The Morgan fingerprint density at radius 1 is 1.20 bits per heavy atom. The zero-order chi connectivity index (χ0) is 11.5. The summed E-state index contributed by atoms with van der Waals surface area (Å²) in [6.07, 6.45) is -5.57. The lowest BCUT2D eigenvalue weighted by Crippen LogP contribution is -2.10. The Balaban J connectivity index is 2.75. The number of alkyl halides is 3. The van der Waals surface area contributed by atoms with Gasteiger partial charge in [0.15, 0.2) is 0 Å². The van der Waals surface area contributed by atoms with Crippen molar-refractivity contribution >= 4 is 34.1 Å². The minimum atomic E-state index is -4.34. The lowest BCUT2D eigenvalue weighted by Gasteiger charge is -2.03. The van der Waals surface area contributed by atoms with E-state index in [1.807, 2.05) is 0 Å². The van der Waals surface area contributed by atoms with Gasteiger partial charge in [0, 0.05) is 5.02 Å². The second kappa shape index (κ2) is 4.86. The molecule has 0 spiro atoms. The number of hydrogen-bond donors (Lipinski definition) is 0. The first kappa shape index (κ1) is 12.3. The molecule has 0 aromatic heterocycles. The highest BCUT2D eigenvalue weighted by atomic mass is 35.5. The van der Waals surface area contributed by atoms with E-state index >= 15 is 0 Å². The van der Waals surface area contributed by atoms with Gasteiger partial charge in [-0.1, -0.05) is 23.2 Å². The van der Waals surface area contributed by atoms with Crippen molar-refractivity contribution in [2.75, 3.05) is 0 Å². The summed E-state index contributed by atoms with van der Waals surface area (Å²) in [6.45, 7) is 0. The van der Waals surface area contributed by atoms with E-state index in [1.54, 1.807) is 0 Å². The van der Waals surface area contributed by atoms with Gasteiger partial charge in [-0.3, -0.25) is 0 Å². The highest BCUT2D eigenvalue weighted by molar-refractivity contribution is 6.65. The van der Waals surface area contributed by atoms with E-state index in [4.69, 9.17) is 23.2 Å². The highest BCUT2D eigenvalue weighted by Gasteiger charge is 2.29. The zero-order valence-corrected chi connectivity index (χ0v) is 8.87. The molecular weight excluding hydrogens is 250 g/mol.